The molecule has 1 unspecified atom stereocenters. The lowest BCUT2D eigenvalue weighted by Crippen LogP contribution is -2.40. The molecule has 0 amide bonds. The first-order chi connectivity index (χ1) is 10.6. The van der Waals surface area contributed by atoms with Gasteiger partial charge in [0.15, 0.2) is 0 Å². The molecule has 0 saturated carbocycles. The number of esters is 1. The summed E-state index contributed by atoms with van der Waals surface area (Å²) < 4.78 is 10.4. The van der Waals surface area contributed by atoms with Crippen LogP contribution in [0.25, 0.3) is 0 Å². The Labute approximate surface area is 131 Å². The standard InChI is InChI=1S/C15H26N4O3/c1-4-10(3)12(16)13-17-15(18-22-13)19-8-6-7-11(9-19)14(20)21-5-2/h10-12H,4-9,16H2,1-3H3/t10-,11?,12-/m0/s1. The number of carbonyl (C=O) groups is 1. The van der Waals surface area contributed by atoms with Crippen LogP contribution >= 0.6 is 0 Å². The molecule has 2 N–H and O–H groups in total. The van der Waals surface area contributed by atoms with E-state index in [2.05, 4.69) is 24.0 Å². The second kappa shape index (κ2) is 7.58. The highest BCUT2D eigenvalue weighted by atomic mass is 16.5. The van der Waals surface area contributed by atoms with Gasteiger partial charge in [-0.3, -0.25) is 4.79 Å². The van der Waals surface area contributed by atoms with Gasteiger partial charge in [-0.25, -0.2) is 0 Å². The van der Waals surface area contributed by atoms with Gasteiger partial charge in [-0.15, -0.1) is 0 Å². The van der Waals surface area contributed by atoms with Crippen molar-refractivity contribution >= 4 is 11.9 Å². The predicted octanol–water partition coefficient (Wildman–Crippen LogP) is 1.89. The minimum Gasteiger partial charge on any atom is -0.466 e. The van der Waals surface area contributed by atoms with Crippen molar-refractivity contribution in [3.63, 3.8) is 0 Å². The van der Waals surface area contributed by atoms with Crippen LogP contribution in [0.15, 0.2) is 4.52 Å². The van der Waals surface area contributed by atoms with Crippen LogP contribution in [0.4, 0.5) is 5.95 Å². The first-order valence-electron chi connectivity index (χ1n) is 8.07. The molecule has 1 aromatic rings. The molecule has 1 aliphatic rings. The van der Waals surface area contributed by atoms with E-state index in [4.69, 9.17) is 15.0 Å². The maximum atomic E-state index is 11.9. The molecule has 2 heterocycles. The summed E-state index contributed by atoms with van der Waals surface area (Å²) in [6.07, 6.45) is 2.70. The van der Waals surface area contributed by atoms with Crippen molar-refractivity contribution in [1.29, 1.82) is 0 Å². The van der Waals surface area contributed by atoms with Gasteiger partial charge in [-0.1, -0.05) is 20.3 Å². The van der Waals surface area contributed by atoms with Gasteiger partial charge in [0.25, 0.3) is 5.95 Å². The number of ether oxygens (including phenoxy) is 1. The Morgan fingerprint density at radius 2 is 2.32 bits per heavy atom. The number of piperidine rings is 1. The topological polar surface area (TPSA) is 94.5 Å². The SMILES string of the molecule is CCOC(=O)C1CCCN(c2noc([C@@H](N)[C@@H](C)CC)n2)C1. The van der Waals surface area contributed by atoms with Crippen LogP contribution < -0.4 is 10.6 Å². The number of aromatic nitrogens is 2. The monoisotopic (exact) mass is 310 g/mol. The molecule has 1 saturated heterocycles. The summed E-state index contributed by atoms with van der Waals surface area (Å²) in [5, 5.41) is 4.03. The Morgan fingerprint density at radius 3 is 3.00 bits per heavy atom. The van der Waals surface area contributed by atoms with Crippen molar-refractivity contribution in [1.82, 2.24) is 10.1 Å². The third kappa shape index (κ3) is 3.76. The van der Waals surface area contributed by atoms with Crippen LogP contribution in [-0.4, -0.2) is 35.8 Å². The maximum absolute atomic E-state index is 11.9. The van der Waals surface area contributed by atoms with Crippen molar-refractivity contribution in [3.05, 3.63) is 5.89 Å². The van der Waals surface area contributed by atoms with Crippen molar-refractivity contribution in [3.8, 4) is 0 Å². The molecule has 0 aliphatic carbocycles. The number of nitrogens with two attached hydrogens (primary N) is 1. The second-order valence-electron chi connectivity index (χ2n) is 5.88. The second-order valence-corrected chi connectivity index (χ2v) is 5.88. The van der Waals surface area contributed by atoms with E-state index in [0.717, 1.165) is 25.8 Å². The zero-order valence-corrected chi connectivity index (χ0v) is 13.6. The fraction of sp³-hybridized carbons (Fsp3) is 0.800. The molecular formula is C15H26N4O3. The molecule has 7 nitrogen and oxygen atoms in total. The van der Waals surface area contributed by atoms with E-state index >= 15 is 0 Å². The molecule has 0 radical (unpaired) electrons. The molecule has 1 aliphatic heterocycles. The fourth-order valence-corrected chi connectivity index (χ4v) is 2.60. The molecule has 0 bridgehead atoms. The van der Waals surface area contributed by atoms with E-state index < -0.39 is 0 Å². The molecule has 3 atom stereocenters. The molecule has 1 aromatic heterocycles. The minimum atomic E-state index is -0.253. The summed E-state index contributed by atoms with van der Waals surface area (Å²) in [5.74, 6) is 0.985. The van der Waals surface area contributed by atoms with Gasteiger partial charge in [0.05, 0.1) is 18.6 Å². The number of nitrogens with zero attached hydrogens (tertiary/aromatic N) is 3. The van der Waals surface area contributed by atoms with E-state index in [1.165, 1.54) is 0 Å². The third-order valence-corrected chi connectivity index (χ3v) is 4.30. The van der Waals surface area contributed by atoms with E-state index in [-0.39, 0.29) is 23.8 Å². The summed E-state index contributed by atoms with van der Waals surface area (Å²) in [5.41, 5.74) is 6.12. The normalized spacial score (nSPS) is 21.5. The average molecular weight is 310 g/mol. The molecule has 2 rings (SSSR count). The number of hydrogen-bond donors (Lipinski definition) is 1. The first-order valence-corrected chi connectivity index (χ1v) is 8.07. The Kier molecular flexibility index (Phi) is 5.76. The number of hydrogen-bond acceptors (Lipinski definition) is 7. The smallest absolute Gasteiger partial charge is 0.310 e. The van der Waals surface area contributed by atoms with E-state index in [1.807, 2.05) is 11.8 Å². The summed E-state index contributed by atoms with van der Waals surface area (Å²) >= 11 is 0. The van der Waals surface area contributed by atoms with E-state index in [0.29, 0.717) is 25.0 Å². The van der Waals surface area contributed by atoms with Crippen molar-refractivity contribution in [2.75, 3.05) is 24.6 Å². The highest BCUT2D eigenvalue weighted by Crippen LogP contribution is 2.25. The highest BCUT2D eigenvalue weighted by Gasteiger charge is 2.30. The van der Waals surface area contributed by atoms with Gasteiger partial charge >= 0.3 is 5.97 Å². The van der Waals surface area contributed by atoms with Crippen LogP contribution in [-0.2, 0) is 9.53 Å². The van der Waals surface area contributed by atoms with Gasteiger partial charge in [-0.2, -0.15) is 4.98 Å². The zero-order valence-electron chi connectivity index (χ0n) is 13.6. The largest absolute Gasteiger partial charge is 0.466 e. The lowest BCUT2D eigenvalue weighted by Gasteiger charge is -2.30. The third-order valence-electron chi connectivity index (χ3n) is 4.30. The number of carbonyl (C=O) groups excluding carboxylic acids is 1. The predicted molar refractivity (Wildman–Crippen MR) is 82.3 cm³/mol. The summed E-state index contributed by atoms with van der Waals surface area (Å²) in [6.45, 7) is 7.75. The Balaban J connectivity index is 2.02. The van der Waals surface area contributed by atoms with Crippen molar-refractivity contribution < 1.29 is 14.1 Å². The lowest BCUT2D eigenvalue weighted by molar-refractivity contribution is -0.148. The van der Waals surface area contributed by atoms with Gasteiger partial charge in [0.1, 0.15) is 0 Å². The first kappa shape index (κ1) is 16.7. The maximum Gasteiger partial charge on any atom is 0.310 e. The average Bonchev–Trinajstić information content (AvgIpc) is 3.03. The lowest BCUT2D eigenvalue weighted by atomic mass is 9.98. The van der Waals surface area contributed by atoms with Gasteiger partial charge in [-0.05, 0) is 30.8 Å². The van der Waals surface area contributed by atoms with Crippen LogP contribution in [0.2, 0.25) is 0 Å². The molecule has 22 heavy (non-hydrogen) atoms. The van der Waals surface area contributed by atoms with Crippen LogP contribution in [0.3, 0.4) is 0 Å². The Morgan fingerprint density at radius 1 is 1.55 bits per heavy atom. The molecule has 1 fully saturated rings. The quantitative estimate of drug-likeness (QED) is 0.802. The minimum absolute atomic E-state index is 0.126. The van der Waals surface area contributed by atoms with E-state index in [1.54, 1.807) is 0 Å². The number of rotatable bonds is 6. The molecule has 7 heteroatoms. The summed E-state index contributed by atoms with van der Waals surface area (Å²) in [4.78, 5) is 18.3. The Hall–Kier alpha value is -1.63. The highest BCUT2D eigenvalue weighted by molar-refractivity contribution is 5.73. The van der Waals surface area contributed by atoms with Gasteiger partial charge in [0, 0.05) is 13.1 Å². The van der Waals surface area contributed by atoms with Crippen LogP contribution in [0.5, 0.6) is 0 Å². The van der Waals surface area contributed by atoms with E-state index in [9.17, 15) is 4.79 Å². The molecular weight excluding hydrogens is 284 g/mol. The van der Waals surface area contributed by atoms with Gasteiger partial charge in [0.2, 0.25) is 5.89 Å². The number of anilines is 1. The molecule has 124 valence electrons. The fourth-order valence-electron chi connectivity index (χ4n) is 2.60. The zero-order chi connectivity index (χ0) is 16.1. The van der Waals surface area contributed by atoms with Crippen molar-refractivity contribution in [2.24, 2.45) is 17.6 Å². The van der Waals surface area contributed by atoms with Crippen molar-refractivity contribution in [2.45, 2.75) is 46.1 Å². The van der Waals surface area contributed by atoms with Crippen LogP contribution in [0, 0.1) is 11.8 Å². The molecule has 0 aromatic carbocycles. The van der Waals surface area contributed by atoms with Crippen LogP contribution in [0.1, 0.15) is 52.0 Å². The molecule has 0 spiro atoms. The summed E-state index contributed by atoms with van der Waals surface area (Å²) in [7, 11) is 0. The summed E-state index contributed by atoms with van der Waals surface area (Å²) in [6, 6.07) is -0.253. The van der Waals surface area contributed by atoms with Gasteiger partial charge < -0.3 is 19.9 Å². The Bertz CT molecular complexity index is 491.